The minimum Gasteiger partial charge on any atom is -0.370 e. The van der Waals surface area contributed by atoms with Gasteiger partial charge in [-0.2, -0.15) is 0 Å². The SMILES string of the molecule is CCN(Cc1ccccc1)c1cccc(C)c1.Cc1cccc(N(C)Cc2ccccc2)c1. The highest BCUT2D eigenvalue weighted by atomic mass is 15.1. The van der Waals surface area contributed by atoms with Gasteiger partial charge in [-0.25, -0.2) is 0 Å². The Morgan fingerprint density at radius 1 is 0.545 bits per heavy atom. The van der Waals surface area contributed by atoms with Crippen LogP contribution in [0.5, 0.6) is 0 Å². The van der Waals surface area contributed by atoms with Crippen molar-refractivity contribution in [1.29, 1.82) is 0 Å². The zero-order valence-electron chi connectivity index (χ0n) is 20.4. The zero-order valence-corrected chi connectivity index (χ0v) is 20.4. The Morgan fingerprint density at radius 3 is 1.55 bits per heavy atom. The minimum absolute atomic E-state index is 0.949. The first-order valence-corrected chi connectivity index (χ1v) is 11.7. The summed E-state index contributed by atoms with van der Waals surface area (Å²) in [4.78, 5) is 4.66. The van der Waals surface area contributed by atoms with E-state index in [4.69, 9.17) is 0 Å². The molecule has 0 spiro atoms. The number of nitrogens with zero attached hydrogens (tertiary/aromatic N) is 2. The van der Waals surface area contributed by atoms with E-state index in [0.29, 0.717) is 0 Å². The molecule has 2 nitrogen and oxygen atoms in total. The molecule has 0 aliphatic heterocycles. The molecule has 0 saturated heterocycles. The van der Waals surface area contributed by atoms with Gasteiger partial charge in [-0.3, -0.25) is 0 Å². The van der Waals surface area contributed by atoms with Crippen molar-refractivity contribution in [2.75, 3.05) is 23.4 Å². The van der Waals surface area contributed by atoms with Crippen LogP contribution in [-0.4, -0.2) is 13.6 Å². The van der Waals surface area contributed by atoms with Crippen LogP contribution >= 0.6 is 0 Å². The standard InChI is InChI=1S/C16H19N.C15H17N/c1-3-17(13-15-9-5-4-6-10-15)16-11-7-8-14(2)12-16;1-13-7-6-10-15(11-13)16(2)12-14-8-4-3-5-9-14/h4-12H,3,13H2,1-2H3;3-11H,12H2,1-2H3. The van der Waals surface area contributed by atoms with Crippen molar-refractivity contribution in [3.63, 3.8) is 0 Å². The molecular formula is C31H36N2. The molecule has 0 amide bonds. The third kappa shape index (κ3) is 7.84. The Kier molecular flexibility index (Phi) is 9.14. The molecule has 0 fully saturated rings. The fourth-order valence-electron chi connectivity index (χ4n) is 3.83. The molecule has 0 bridgehead atoms. The van der Waals surface area contributed by atoms with Crippen molar-refractivity contribution in [3.05, 3.63) is 131 Å². The number of hydrogen-bond donors (Lipinski definition) is 0. The van der Waals surface area contributed by atoms with E-state index in [2.05, 4.69) is 147 Å². The van der Waals surface area contributed by atoms with Crippen molar-refractivity contribution in [3.8, 4) is 0 Å². The maximum absolute atomic E-state index is 2.39. The van der Waals surface area contributed by atoms with Crippen LogP contribution in [0.1, 0.15) is 29.2 Å². The maximum Gasteiger partial charge on any atom is 0.0429 e. The Morgan fingerprint density at radius 2 is 1.03 bits per heavy atom. The van der Waals surface area contributed by atoms with Gasteiger partial charge in [-0.1, -0.05) is 84.9 Å². The van der Waals surface area contributed by atoms with Gasteiger partial charge in [0, 0.05) is 38.1 Å². The normalized spacial score (nSPS) is 10.2. The molecule has 0 atom stereocenters. The summed E-state index contributed by atoms with van der Waals surface area (Å²) >= 11 is 0. The highest BCUT2D eigenvalue weighted by Gasteiger charge is 2.05. The summed E-state index contributed by atoms with van der Waals surface area (Å²) in [5, 5.41) is 0. The molecule has 0 aliphatic rings. The molecule has 0 unspecified atom stereocenters. The number of hydrogen-bond acceptors (Lipinski definition) is 2. The molecule has 2 heteroatoms. The van der Waals surface area contributed by atoms with Gasteiger partial charge in [-0.05, 0) is 67.3 Å². The monoisotopic (exact) mass is 436 g/mol. The number of anilines is 2. The van der Waals surface area contributed by atoms with Crippen molar-refractivity contribution in [2.45, 2.75) is 33.9 Å². The second kappa shape index (κ2) is 12.5. The Bertz CT molecular complexity index is 1090. The fourth-order valence-corrected chi connectivity index (χ4v) is 3.83. The lowest BCUT2D eigenvalue weighted by Crippen LogP contribution is -2.21. The predicted octanol–water partition coefficient (Wildman–Crippen LogP) is 7.65. The molecule has 4 aromatic carbocycles. The first kappa shape index (κ1) is 24.1. The van der Waals surface area contributed by atoms with Crippen LogP contribution in [0.2, 0.25) is 0 Å². The largest absolute Gasteiger partial charge is 0.370 e. The molecule has 0 heterocycles. The van der Waals surface area contributed by atoms with E-state index in [-0.39, 0.29) is 0 Å². The van der Waals surface area contributed by atoms with Crippen LogP contribution in [0, 0.1) is 13.8 Å². The third-order valence-corrected chi connectivity index (χ3v) is 5.67. The summed E-state index contributed by atoms with van der Waals surface area (Å²) in [6, 6.07) is 38.4. The zero-order chi connectivity index (χ0) is 23.5. The van der Waals surface area contributed by atoms with E-state index in [1.165, 1.54) is 33.6 Å². The molecular weight excluding hydrogens is 400 g/mol. The molecule has 4 aromatic rings. The number of rotatable bonds is 7. The number of benzene rings is 4. The summed E-state index contributed by atoms with van der Waals surface area (Å²) in [5.41, 5.74) is 7.88. The Hall–Kier alpha value is -3.52. The highest BCUT2D eigenvalue weighted by Crippen LogP contribution is 2.18. The Balaban J connectivity index is 0.000000186. The average molecular weight is 437 g/mol. The number of aryl methyl sites for hydroxylation is 2. The lowest BCUT2D eigenvalue weighted by molar-refractivity contribution is 0.831. The molecule has 33 heavy (non-hydrogen) atoms. The molecule has 0 saturated carbocycles. The average Bonchev–Trinajstić information content (AvgIpc) is 2.84. The van der Waals surface area contributed by atoms with E-state index < -0.39 is 0 Å². The van der Waals surface area contributed by atoms with Crippen molar-refractivity contribution in [2.24, 2.45) is 0 Å². The lowest BCUT2D eigenvalue weighted by Gasteiger charge is -2.23. The maximum atomic E-state index is 2.39. The molecule has 0 N–H and O–H groups in total. The molecule has 0 radical (unpaired) electrons. The van der Waals surface area contributed by atoms with E-state index in [1.807, 2.05) is 0 Å². The summed E-state index contributed by atoms with van der Waals surface area (Å²) in [5.74, 6) is 0. The first-order valence-electron chi connectivity index (χ1n) is 11.7. The van der Waals surface area contributed by atoms with E-state index in [0.717, 1.165) is 19.6 Å². The summed E-state index contributed by atoms with van der Waals surface area (Å²) < 4.78 is 0. The van der Waals surface area contributed by atoms with Crippen LogP contribution in [-0.2, 0) is 13.1 Å². The second-order valence-electron chi connectivity index (χ2n) is 8.52. The highest BCUT2D eigenvalue weighted by molar-refractivity contribution is 5.49. The van der Waals surface area contributed by atoms with Crippen LogP contribution in [0.4, 0.5) is 11.4 Å². The third-order valence-electron chi connectivity index (χ3n) is 5.67. The van der Waals surface area contributed by atoms with E-state index in [1.54, 1.807) is 0 Å². The van der Waals surface area contributed by atoms with Crippen LogP contribution in [0.15, 0.2) is 109 Å². The summed E-state index contributed by atoms with van der Waals surface area (Å²) in [6.07, 6.45) is 0. The van der Waals surface area contributed by atoms with Crippen molar-refractivity contribution in [1.82, 2.24) is 0 Å². The fraction of sp³-hybridized carbons (Fsp3) is 0.226. The Labute approximate surface area is 200 Å². The van der Waals surface area contributed by atoms with E-state index >= 15 is 0 Å². The smallest absolute Gasteiger partial charge is 0.0429 e. The van der Waals surface area contributed by atoms with Crippen LogP contribution in [0.3, 0.4) is 0 Å². The quantitative estimate of drug-likeness (QED) is 0.293. The summed E-state index contributed by atoms with van der Waals surface area (Å²) in [6.45, 7) is 9.41. The molecule has 4 rings (SSSR count). The van der Waals surface area contributed by atoms with Gasteiger partial charge in [0.1, 0.15) is 0 Å². The van der Waals surface area contributed by atoms with Gasteiger partial charge >= 0.3 is 0 Å². The molecule has 0 aliphatic carbocycles. The lowest BCUT2D eigenvalue weighted by atomic mass is 10.1. The van der Waals surface area contributed by atoms with Crippen molar-refractivity contribution >= 4 is 11.4 Å². The van der Waals surface area contributed by atoms with E-state index in [9.17, 15) is 0 Å². The van der Waals surface area contributed by atoms with Gasteiger partial charge in [0.25, 0.3) is 0 Å². The van der Waals surface area contributed by atoms with Gasteiger partial charge in [0.2, 0.25) is 0 Å². The minimum atomic E-state index is 0.949. The van der Waals surface area contributed by atoms with Gasteiger partial charge in [0.05, 0.1) is 0 Å². The van der Waals surface area contributed by atoms with Crippen LogP contribution < -0.4 is 9.80 Å². The van der Waals surface area contributed by atoms with Gasteiger partial charge in [0.15, 0.2) is 0 Å². The molecule has 170 valence electrons. The second-order valence-corrected chi connectivity index (χ2v) is 8.52. The van der Waals surface area contributed by atoms with Crippen molar-refractivity contribution < 1.29 is 0 Å². The van der Waals surface area contributed by atoms with Gasteiger partial charge in [-0.15, -0.1) is 0 Å². The first-order chi connectivity index (χ1) is 16.0. The topological polar surface area (TPSA) is 6.48 Å². The summed E-state index contributed by atoms with van der Waals surface area (Å²) in [7, 11) is 2.13. The van der Waals surface area contributed by atoms with Gasteiger partial charge < -0.3 is 9.80 Å². The molecule has 0 aromatic heterocycles. The predicted molar refractivity (Wildman–Crippen MR) is 144 cm³/mol. The van der Waals surface area contributed by atoms with Crippen LogP contribution in [0.25, 0.3) is 0 Å².